The lowest BCUT2D eigenvalue weighted by Crippen LogP contribution is -2.25. The zero-order valence-electron chi connectivity index (χ0n) is 18.5. The van der Waals surface area contributed by atoms with E-state index in [-0.39, 0.29) is 30.9 Å². The lowest BCUT2D eigenvalue weighted by molar-refractivity contribution is -0.138. The highest BCUT2D eigenvalue weighted by molar-refractivity contribution is 5.69. The van der Waals surface area contributed by atoms with E-state index in [1.165, 1.54) is 7.11 Å². The summed E-state index contributed by atoms with van der Waals surface area (Å²) < 4.78 is 17.3. The minimum absolute atomic E-state index is 0.000368. The van der Waals surface area contributed by atoms with E-state index < -0.39 is 5.97 Å². The summed E-state index contributed by atoms with van der Waals surface area (Å²) in [5.74, 6) is 0.811. The van der Waals surface area contributed by atoms with Crippen LogP contribution in [0.2, 0.25) is 0 Å². The number of methoxy groups -OCH3 is 2. The predicted octanol–water partition coefficient (Wildman–Crippen LogP) is 4.20. The molecule has 2 aromatic rings. The monoisotopic (exact) mass is 427 g/mol. The number of benzene rings is 2. The molecule has 2 aromatic carbocycles. The van der Waals surface area contributed by atoms with Gasteiger partial charge >= 0.3 is 5.97 Å². The van der Waals surface area contributed by atoms with Gasteiger partial charge in [0.15, 0.2) is 23.0 Å². The molecule has 0 amide bonds. The van der Waals surface area contributed by atoms with Gasteiger partial charge in [0, 0.05) is 23.6 Å². The molecule has 2 N–H and O–H groups in total. The topological polar surface area (TPSA) is 88.5 Å². The second-order valence-corrected chi connectivity index (χ2v) is 7.77. The Labute approximate surface area is 182 Å². The van der Waals surface area contributed by atoms with Crippen molar-refractivity contribution in [2.24, 2.45) is 0 Å². The van der Waals surface area contributed by atoms with Gasteiger partial charge in [-0.05, 0) is 49.4 Å². The minimum atomic E-state index is -0.933. The molecule has 0 aromatic heterocycles. The van der Waals surface area contributed by atoms with Gasteiger partial charge in [-0.25, -0.2) is 0 Å². The molecule has 7 heteroatoms. The maximum Gasteiger partial charge on any atom is 0.317 e. The van der Waals surface area contributed by atoms with Crippen LogP contribution < -0.4 is 14.2 Å². The Kier molecular flexibility index (Phi) is 6.75. The van der Waals surface area contributed by atoms with Crippen molar-refractivity contribution < 1.29 is 29.2 Å². The van der Waals surface area contributed by atoms with Crippen LogP contribution in [0, 0.1) is 0 Å². The van der Waals surface area contributed by atoms with Crippen molar-refractivity contribution in [3.63, 3.8) is 0 Å². The Hall–Kier alpha value is -3.19. The summed E-state index contributed by atoms with van der Waals surface area (Å²) in [5.41, 5.74) is 3.50. The average Bonchev–Trinajstić information content (AvgIpc) is 3.05. The fourth-order valence-electron chi connectivity index (χ4n) is 4.01. The maximum atomic E-state index is 11.0. The molecule has 0 saturated carbocycles. The van der Waals surface area contributed by atoms with Gasteiger partial charge in [-0.2, -0.15) is 0 Å². The molecule has 0 unspecified atom stereocenters. The fraction of sp³-hybridized carbons (Fsp3) is 0.375. The molecule has 0 saturated heterocycles. The van der Waals surface area contributed by atoms with Gasteiger partial charge in [-0.15, -0.1) is 0 Å². The number of ether oxygens (including phenoxy) is 3. The highest BCUT2D eigenvalue weighted by Gasteiger charge is 2.36. The summed E-state index contributed by atoms with van der Waals surface area (Å²) in [5, 5.41) is 19.6. The van der Waals surface area contributed by atoms with Crippen molar-refractivity contribution in [1.82, 2.24) is 4.90 Å². The maximum absolute atomic E-state index is 11.0. The first kappa shape index (κ1) is 22.5. The number of aromatic hydroxyl groups is 1. The van der Waals surface area contributed by atoms with Gasteiger partial charge in [0.1, 0.15) is 6.10 Å². The van der Waals surface area contributed by atoms with E-state index in [4.69, 9.17) is 19.3 Å². The smallest absolute Gasteiger partial charge is 0.317 e. The van der Waals surface area contributed by atoms with Crippen molar-refractivity contribution in [3.8, 4) is 23.0 Å². The first-order valence-corrected chi connectivity index (χ1v) is 10.1. The summed E-state index contributed by atoms with van der Waals surface area (Å²) in [6, 6.07) is 7.66. The zero-order chi connectivity index (χ0) is 22.7. The summed E-state index contributed by atoms with van der Waals surface area (Å²) >= 11 is 0. The number of carboxylic acids is 1. The molecule has 1 aliphatic heterocycles. The second kappa shape index (κ2) is 9.31. The van der Waals surface area contributed by atoms with Gasteiger partial charge in [0.05, 0.1) is 20.8 Å². The molecule has 3 rings (SSSR count). The van der Waals surface area contributed by atoms with Crippen LogP contribution in [0.5, 0.6) is 23.0 Å². The van der Waals surface area contributed by atoms with Crippen LogP contribution in [0.25, 0.3) is 6.08 Å². The number of hydrogen-bond donors (Lipinski definition) is 2. The third kappa shape index (κ3) is 4.61. The van der Waals surface area contributed by atoms with Crippen LogP contribution >= 0.6 is 0 Å². The van der Waals surface area contributed by atoms with E-state index in [1.54, 1.807) is 25.1 Å². The number of hydrogen-bond acceptors (Lipinski definition) is 6. The molecular weight excluding hydrogens is 398 g/mol. The fourth-order valence-corrected chi connectivity index (χ4v) is 4.01. The van der Waals surface area contributed by atoms with Gasteiger partial charge < -0.3 is 24.4 Å². The van der Waals surface area contributed by atoms with Gasteiger partial charge in [-0.3, -0.25) is 9.69 Å². The van der Waals surface area contributed by atoms with Crippen molar-refractivity contribution in [1.29, 1.82) is 0 Å². The van der Waals surface area contributed by atoms with Gasteiger partial charge in [-0.1, -0.05) is 19.1 Å². The van der Waals surface area contributed by atoms with Crippen LogP contribution in [-0.4, -0.2) is 48.9 Å². The lowest BCUT2D eigenvalue weighted by Gasteiger charge is -2.21. The summed E-state index contributed by atoms with van der Waals surface area (Å²) in [6.07, 6.45) is 3.69. The third-order valence-electron chi connectivity index (χ3n) is 5.44. The number of allylic oxidation sites excluding steroid dienone is 1. The number of nitrogens with zero attached hydrogens (tertiary/aromatic N) is 1. The summed E-state index contributed by atoms with van der Waals surface area (Å²) in [4.78, 5) is 12.6. The molecule has 7 nitrogen and oxygen atoms in total. The molecule has 1 heterocycles. The molecule has 0 fully saturated rings. The number of carbonyl (C=O) groups is 1. The van der Waals surface area contributed by atoms with E-state index in [0.29, 0.717) is 22.8 Å². The Morgan fingerprint density at radius 1 is 1.19 bits per heavy atom. The number of likely N-dealkylation sites (N-methyl/N-ethyl adjacent to an activating group) is 1. The molecule has 166 valence electrons. The van der Waals surface area contributed by atoms with Crippen molar-refractivity contribution in [2.75, 3.05) is 27.8 Å². The molecule has 2 atom stereocenters. The molecule has 0 spiro atoms. The van der Waals surface area contributed by atoms with E-state index in [2.05, 4.69) is 13.0 Å². The Morgan fingerprint density at radius 2 is 1.90 bits per heavy atom. The van der Waals surface area contributed by atoms with Crippen LogP contribution in [0.4, 0.5) is 0 Å². The van der Waals surface area contributed by atoms with E-state index in [1.807, 2.05) is 31.2 Å². The SMILES string of the molecule is CC=Cc1cc(OC)c2c(c1)[C@@H](C)[C@H](c1cc(CN(C)CC(=O)O)c(O)c(OC)c1)O2. The Balaban J connectivity index is 2.00. The third-order valence-corrected chi connectivity index (χ3v) is 5.44. The van der Waals surface area contributed by atoms with Crippen LogP contribution in [0.15, 0.2) is 30.3 Å². The quantitative estimate of drug-likeness (QED) is 0.653. The van der Waals surface area contributed by atoms with Crippen molar-refractivity contribution in [2.45, 2.75) is 32.4 Å². The van der Waals surface area contributed by atoms with Gasteiger partial charge in [0.25, 0.3) is 0 Å². The lowest BCUT2D eigenvalue weighted by atomic mass is 9.90. The molecule has 0 radical (unpaired) electrons. The second-order valence-electron chi connectivity index (χ2n) is 7.77. The average molecular weight is 427 g/mol. The van der Waals surface area contributed by atoms with Gasteiger partial charge in [0.2, 0.25) is 0 Å². The van der Waals surface area contributed by atoms with E-state index >= 15 is 0 Å². The van der Waals surface area contributed by atoms with E-state index in [9.17, 15) is 9.90 Å². The first-order chi connectivity index (χ1) is 14.8. The number of rotatable bonds is 8. The van der Waals surface area contributed by atoms with Crippen molar-refractivity contribution >= 4 is 12.0 Å². The largest absolute Gasteiger partial charge is 0.504 e. The minimum Gasteiger partial charge on any atom is -0.504 e. The number of fused-ring (bicyclic) bond motifs is 1. The predicted molar refractivity (Wildman–Crippen MR) is 118 cm³/mol. The Morgan fingerprint density at radius 3 is 2.52 bits per heavy atom. The highest BCUT2D eigenvalue weighted by Crippen LogP contribution is 2.51. The van der Waals surface area contributed by atoms with E-state index in [0.717, 1.165) is 16.7 Å². The highest BCUT2D eigenvalue weighted by atomic mass is 16.5. The molecule has 0 aliphatic carbocycles. The molecule has 31 heavy (non-hydrogen) atoms. The number of phenols is 1. The van der Waals surface area contributed by atoms with Crippen LogP contribution in [0.3, 0.4) is 0 Å². The molecular formula is C24H29NO6. The van der Waals surface area contributed by atoms with Crippen LogP contribution in [0.1, 0.15) is 48.1 Å². The standard InChI is InChI=1S/C24H29NO6/c1-6-7-15-8-18-14(2)23(31-24(18)20(9-15)30-5)16-10-17(12-25(3)13-21(26)27)22(28)19(11-16)29-4/h6-11,14,23,28H,12-13H2,1-5H3,(H,26,27)/t14-,23-/m1/s1. The normalized spacial score (nSPS) is 17.6. The van der Waals surface area contributed by atoms with Crippen LogP contribution in [-0.2, 0) is 11.3 Å². The molecule has 0 bridgehead atoms. The summed E-state index contributed by atoms with van der Waals surface area (Å²) in [6.45, 7) is 4.17. The molecule has 1 aliphatic rings. The number of phenolic OH excluding ortho intramolecular Hbond substituents is 1. The van der Waals surface area contributed by atoms with Crippen molar-refractivity contribution in [3.05, 3.63) is 52.6 Å². The Bertz CT molecular complexity index is 1000. The zero-order valence-corrected chi connectivity index (χ0v) is 18.5. The first-order valence-electron chi connectivity index (χ1n) is 10.1. The number of aliphatic carboxylic acids is 1. The summed E-state index contributed by atoms with van der Waals surface area (Å²) in [7, 11) is 4.80. The number of carboxylic acid groups (broad SMARTS) is 1.